The van der Waals surface area contributed by atoms with Crippen molar-refractivity contribution in [1.82, 2.24) is 19.9 Å². The van der Waals surface area contributed by atoms with Crippen molar-refractivity contribution in [3.63, 3.8) is 0 Å². The summed E-state index contributed by atoms with van der Waals surface area (Å²) < 4.78 is 42.5. The molecule has 0 saturated heterocycles. The summed E-state index contributed by atoms with van der Waals surface area (Å²) in [6.07, 6.45) is -6.69. The number of alkyl halides is 3. The molecule has 1 unspecified atom stereocenters. The van der Waals surface area contributed by atoms with Crippen LogP contribution < -0.4 is 15.4 Å². The number of aliphatic hydroxyl groups is 4. The van der Waals surface area contributed by atoms with Gasteiger partial charge in [0, 0.05) is 12.1 Å². The van der Waals surface area contributed by atoms with Crippen molar-refractivity contribution < 1.29 is 38.3 Å². The van der Waals surface area contributed by atoms with Crippen LogP contribution in [0.2, 0.25) is 0 Å². The third-order valence-electron chi connectivity index (χ3n) is 7.48. The van der Waals surface area contributed by atoms with Gasteiger partial charge in [-0.2, -0.15) is 4.98 Å². The van der Waals surface area contributed by atoms with E-state index in [1.54, 1.807) is 20.0 Å². The summed E-state index contributed by atoms with van der Waals surface area (Å²) in [7, 11) is 0. The minimum atomic E-state index is -4.79. The maximum Gasteiger partial charge on any atom is 0.573 e. The summed E-state index contributed by atoms with van der Waals surface area (Å²) in [5.74, 6) is -0.585. The number of aromatic nitrogens is 4. The van der Waals surface area contributed by atoms with E-state index in [1.165, 1.54) is 35.6 Å². The Balaban J connectivity index is 1.48. The molecule has 0 spiro atoms. The second-order valence-electron chi connectivity index (χ2n) is 10.5. The quantitative estimate of drug-likeness (QED) is 0.162. The number of benzene rings is 1. The minimum absolute atomic E-state index is 0.154. The fourth-order valence-electron chi connectivity index (χ4n) is 5.23. The number of pyridine rings is 1. The molecule has 5 rings (SSSR count). The first-order valence-corrected chi connectivity index (χ1v) is 14.3. The highest BCUT2D eigenvalue weighted by molar-refractivity contribution is 7.21. The van der Waals surface area contributed by atoms with Crippen molar-refractivity contribution in [3.8, 4) is 16.3 Å². The number of ether oxygens (including phenoxy) is 1. The van der Waals surface area contributed by atoms with Gasteiger partial charge in [-0.3, -0.25) is 4.98 Å². The van der Waals surface area contributed by atoms with Crippen LogP contribution in [0.25, 0.3) is 20.8 Å². The van der Waals surface area contributed by atoms with Gasteiger partial charge in [-0.25, -0.2) is 9.97 Å². The Morgan fingerprint density at radius 1 is 1.05 bits per heavy atom. The summed E-state index contributed by atoms with van der Waals surface area (Å²) in [5, 5.41) is 47.9. The van der Waals surface area contributed by atoms with E-state index in [2.05, 4.69) is 30.3 Å². The molecule has 3 aromatic heterocycles. The summed E-state index contributed by atoms with van der Waals surface area (Å²) in [5.41, 5.74) is 3.25. The van der Waals surface area contributed by atoms with Crippen LogP contribution in [0.4, 0.5) is 24.9 Å². The fourth-order valence-corrected chi connectivity index (χ4v) is 6.34. The lowest BCUT2D eigenvalue weighted by Gasteiger charge is -2.22. The van der Waals surface area contributed by atoms with Crippen LogP contribution in [-0.4, -0.2) is 77.7 Å². The third kappa shape index (κ3) is 6.65. The van der Waals surface area contributed by atoms with Gasteiger partial charge in [-0.15, -0.1) is 24.5 Å². The number of fused-ring (bicyclic) bond motifs is 1. The zero-order valence-corrected chi connectivity index (χ0v) is 24.2. The number of hydrogen-bond donors (Lipinski definition) is 6. The summed E-state index contributed by atoms with van der Waals surface area (Å²) >= 11 is 1.41. The van der Waals surface area contributed by atoms with E-state index in [0.717, 1.165) is 15.9 Å². The van der Waals surface area contributed by atoms with Gasteiger partial charge in [-0.05, 0) is 51.0 Å². The molecular weight excluding hydrogens is 589 g/mol. The average Bonchev–Trinajstić information content (AvgIpc) is 3.49. The van der Waals surface area contributed by atoms with E-state index in [1.807, 2.05) is 13.0 Å². The Morgan fingerprint density at radius 3 is 2.42 bits per heavy atom. The van der Waals surface area contributed by atoms with Crippen LogP contribution in [0.1, 0.15) is 36.3 Å². The smallest absolute Gasteiger partial charge is 0.406 e. The molecule has 1 aromatic carbocycles. The Morgan fingerprint density at radius 2 is 1.77 bits per heavy atom. The van der Waals surface area contributed by atoms with Gasteiger partial charge in [0.2, 0.25) is 5.95 Å². The van der Waals surface area contributed by atoms with E-state index in [-0.39, 0.29) is 18.1 Å². The maximum absolute atomic E-state index is 12.6. The summed E-state index contributed by atoms with van der Waals surface area (Å²) in [6.45, 7) is 4.86. The van der Waals surface area contributed by atoms with Crippen molar-refractivity contribution >= 4 is 33.3 Å². The highest BCUT2D eigenvalue weighted by Crippen LogP contribution is 2.39. The lowest BCUT2D eigenvalue weighted by Crippen LogP contribution is -2.37. The largest absolute Gasteiger partial charge is 0.573 e. The minimum Gasteiger partial charge on any atom is -0.406 e. The molecule has 230 valence electrons. The Bertz CT molecular complexity index is 1590. The number of halogens is 3. The van der Waals surface area contributed by atoms with Crippen LogP contribution >= 0.6 is 11.3 Å². The van der Waals surface area contributed by atoms with Crippen molar-refractivity contribution in [3.05, 3.63) is 53.5 Å². The molecule has 1 saturated carbocycles. The molecule has 3 heterocycles. The van der Waals surface area contributed by atoms with Crippen molar-refractivity contribution in [2.75, 3.05) is 17.2 Å². The number of rotatable bonds is 9. The van der Waals surface area contributed by atoms with Crippen molar-refractivity contribution in [2.45, 2.75) is 63.9 Å². The summed E-state index contributed by atoms with van der Waals surface area (Å²) in [6, 6.07) is 6.15. The molecule has 6 atom stereocenters. The van der Waals surface area contributed by atoms with E-state index >= 15 is 0 Å². The van der Waals surface area contributed by atoms with Crippen molar-refractivity contribution in [2.24, 2.45) is 5.92 Å². The van der Waals surface area contributed by atoms with Gasteiger partial charge in [-0.1, -0.05) is 12.1 Å². The average molecular weight is 621 g/mol. The normalized spacial score (nSPS) is 22.0. The highest BCUT2D eigenvalue weighted by Gasteiger charge is 2.45. The van der Waals surface area contributed by atoms with E-state index < -0.39 is 49.3 Å². The van der Waals surface area contributed by atoms with Crippen LogP contribution in [0, 0.1) is 19.8 Å². The molecule has 1 aliphatic carbocycles. The van der Waals surface area contributed by atoms with Gasteiger partial charge >= 0.3 is 6.36 Å². The topological polar surface area (TPSA) is 166 Å². The zero-order valence-electron chi connectivity index (χ0n) is 23.4. The lowest BCUT2D eigenvalue weighted by molar-refractivity contribution is -0.274. The van der Waals surface area contributed by atoms with Gasteiger partial charge in [0.25, 0.3) is 0 Å². The van der Waals surface area contributed by atoms with Gasteiger partial charge in [0.15, 0.2) is 0 Å². The van der Waals surface area contributed by atoms with E-state index in [9.17, 15) is 33.6 Å². The van der Waals surface area contributed by atoms with Crippen LogP contribution in [0.5, 0.6) is 5.75 Å². The van der Waals surface area contributed by atoms with Crippen LogP contribution in [0.3, 0.4) is 0 Å². The van der Waals surface area contributed by atoms with Crippen molar-refractivity contribution in [1.29, 1.82) is 0 Å². The van der Waals surface area contributed by atoms with Crippen LogP contribution in [-0.2, 0) is 0 Å². The standard InChI is InChI=1S/C28H31F3N6O5S/c1-12(15-4-6-16(7-5-15)42-28(29,30)31)33-27-34-13(2)21(26-36-22-14(3)32-9-8-20(22)43-26)25(37-27)35-18-10-17(19(39)11-38)23(40)24(18)41/h4-9,12,17-19,23-24,38-41H,10-11H2,1-3H3,(H2,33,34,35,37)/t12-,17-,18-,19?,23-,24+/m1/s1. The highest BCUT2D eigenvalue weighted by atomic mass is 32.1. The number of aliphatic hydroxyl groups excluding tert-OH is 4. The summed E-state index contributed by atoms with van der Waals surface area (Å²) in [4.78, 5) is 18.4. The Hall–Kier alpha value is -3.63. The SMILES string of the molecule is Cc1nc(N[C@H](C)c2ccc(OC(F)(F)F)cc2)nc(N[C@@H]2C[C@H](C(O)CO)[C@@H](O)[C@H]2O)c1-c1nc2c(C)nccc2s1. The molecule has 0 bridgehead atoms. The second-order valence-corrected chi connectivity index (χ2v) is 11.5. The fraction of sp³-hybridized carbons (Fsp3) is 0.429. The maximum atomic E-state index is 12.6. The Kier molecular flexibility index (Phi) is 8.72. The molecule has 1 aliphatic rings. The van der Waals surface area contributed by atoms with E-state index in [0.29, 0.717) is 27.6 Å². The predicted octanol–water partition coefficient (Wildman–Crippen LogP) is 3.71. The number of nitrogens with zero attached hydrogens (tertiary/aromatic N) is 4. The lowest BCUT2D eigenvalue weighted by atomic mass is 9.99. The molecule has 15 heteroatoms. The van der Waals surface area contributed by atoms with Gasteiger partial charge < -0.3 is 35.8 Å². The first-order valence-electron chi connectivity index (χ1n) is 13.5. The number of anilines is 2. The number of aryl methyl sites for hydroxylation is 2. The van der Waals surface area contributed by atoms with Crippen LogP contribution in [0.15, 0.2) is 36.5 Å². The first-order chi connectivity index (χ1) is 20.3. The van der Waals surface area contributed by atoms with Gasteiger partial charge in [0.05, 0.1) is 52.5 Å². The molecule has 11 nitrogen and oxygen atoms in total. The molecule has 0 amide bonds. The second kappa shape index (κ2) is 12.2. The number of thiazole rings is 1. The molecule has 1 fully saturated rings. The monoisotopic (exact) mass is 620 g/mol. The number of nitrogens with one attached hydrogen (secondary N) is 2. The molecule has 0 aliphatic heterocycles. The van der Waals surface area contributed by atoms with E-state index in [4.69, 9.17) is 4.98 Å². The Labute approximate surface area is 248 Å². The molecule has 0 radical (unpaired) electrons. The first kappa shape index (κ1) is 30.8. The molecule has 43 heavy (non-hydrogen) atoms. The zero-order chi connectivity index (χ0) is 31.1. The molecule has 6 N–H and O–H groups in total. The van der Waals surface area contributed by atoms with Gasteiger partial charge in [0.1, 0.15) is 28.2 Å². The molecule has 4 aromatic rings. The third-order valence-corrected chi connectivity index (χ3v) is 8.52. The molecular formula is C28H31F3N6O5S. The number of hydrogen-bond acceptors (Lipinski definition) is 12. The predicted molar refractivity (Wildman–Crippen MR) is 154 cm³/mol.